The first kappa shape index (κ1) is 20.0. The van der Waals surface area contributed by atoms with Gasteiger partial charge in [0, 0.05) is 41.9 Å². The van der Waals surface area contributed by atoms with Gasteiger partial charge < -0.3 is 14.5 Å². The lowest BCUT2D eigenvalue weighted by molar-refractivity contribution is 0.0746. The number of amides is 1. The summed E-state index contributed by atoms with van der Waals surface area (Å²) in [6.45, 7) is 7.33. The molecule has 1 aliphatic rings. The van der Waals surface area contributed by atoms with Crippen molar-refractivity contribution in [1.29, 1.82) is 0 Å². The molecule has 152 valence electrons. The minimum atomic E-state index is 0.116. The van der Waals surface area contributed by atoms with Crippen LogP contribution in [0.1, 0.15) is 24.2 Å². The lowest BCUT2D eigenvalue weighted by Crippen LogP contribution is -2.48. The highest BCUT2D eigenvalue weighted by Gasteiger charge is 2.24. The lowest BCUT2D eigenvalue weighted by Gasteiger charge is -2.34. The predicted molar refractivity (Wildman–Crippen MR) is 122 cm³/mol. The molecule has 1 amide bonds. The van der Waals surface area contributed by atoms with E-state index < -0.39 is 0 Å². The third-order valence-electron chi connectivity index (χ3n) is 4.87. The zero-order valence-corrected chi connectivity index (χ0v) is 18.6. The van der Waals surface area contributed by atoms with E-state index >= 15 is 0 Å². The number of aromatic nitrogens is 1. The molecule has 2 heterocycles. The van der Waals surface area contributed by atoms with Crippen molar-refractivity contribution in [3.63, 3.8) is 0 Å². The summed E-state index contributed by atoms with van der Waals surface area (Å²) in [5.41, 5.74) is 1.76. The van der Waals surface area contributed by atoms with Gasteiger partial charge in [0.1, 0.15) is 5.75 Å². The summed E-state index contributed by atoms with van der Waals surface area (Å²) in [7, 11) is 1.68. The van der Waals surface area contributed by atoms with Gasteiger partial charge in [0.25, 0.3) is 5.91 Å². The Bertz CT molecular complexity index is 1010. The molecule has 7 heteroatoms. The van der Waals surface area contributed by atoms with E-state index in [1.807, 2.05) is 41.3 Å². The minimum Gasteiger partial charge on any atom is -0.497 e. The second kappa shape index (κ2) is 8.63. The number of hydrogen-bond acceptors (Lipinski definition) is 6. The van der Waals surface area contributed by atoms with Gasteiger partial charge in [-0.05, 0) is 36.4 Å². The first-order valence-corrected chi connectivity index (χ1v) is 11.5. The molecular weight excluding hydrogens is 402 g/mol. The van der Waals surface area contributed by atoms with E-state index in [9.17, 15) is 4.79 Å². The summed E-state index contributed by atoms with van der Waals surface area (Å²) in [6.07, 6.45) is 0. The third kappa shape index (κ3) is 4.51. The number of benzene rings is 2. The van der Waals surface area contributed by atoms with Gasteiger partial charge in [0.2, 0.25) is 0 Å². The van der Waals surface area contributed by atoms with Crippen LogP contribution in [0.3, 0.4) is 0 Å². The summed E-state index contributed by atoms with van der Waals surface area (Å²) >= 11 is 3.46. The Hall–Kier alpha value is -2.25. The van der Waals surface area contributed by atoms with Crippen molar-refractivity contribution < 1.29 is 9.53 Å². The first-order valence-electron chi connectivity index (χ1n) is 9.79. The summed E-state index contributed by atoms with van der Waals surface area (Å²) in [6, 6.07) is 13.9. The van der Waals surface area contributed by atoms with Crippen LogP contribution in [0.25, 0.3) is 10.2 Å². The summed E-state index contributed by atoms with van der Waals surface area (Å²) in [5.74, 6) is 0.964. The maximum Gasteiger partial charge on any atom is 0.254 e. The molecule has 1 aliphatic heterocycles. The molecule has 0 spiro atoms. The average Bonchev–Trinajstić information content (AvgIpc) is 3.16. The van der Waals surface area contributed by atoms with E-state index in [-0.39, 0.29) is 5.91 Å². The Kier molecular flexibility index (Phi) is 5.96. The molecule has 1 fully saturated rings. The molecular formula is C22H25N3O2S2. The SMILES string of the molecule is COc1ccc2nc(N3CCN(C(=O)c4cccc(SC(C)C)c4)CC3)sc2c1. The van der Waals surface area contributed by atoms with Gasteiger partial charge in [-0.25, -0.2) is 4.98 Å². The van der Waals surface area contributed by atoms with Crippen LogP contribution in [-0.2, 0) is 0 Å². The number of fused-ring (bicyclic) bond motifs is 1. The maximum absolute atomic E-state index is 13.0. The number of carbonyl (C=O) groups is 1. The highest BCUT2D eigenvalue weighted by molar-refractivity contribution is 7.99. The van der Waals surface area contributed by atoms with Crippen molar-refractivity contribution in [1.82, 2.24) is 9.88 Å². The Morgan fingerprint density at radius 2 is 1.93 bits per heavy atom. The van der Waals surface area contributed by atoms with E-state index in [4.69, 9.17) is 9.72 Å². The molecule has 0 N–H and O–H groups in total. The molecule has 0 aliphatic carbocycles. The fraction of sp³-hybridized carbons (Fsp3) is 0.364. The number of thiazole rings is 1. The molecule has 4 rings (SSSR count). The highest BCUT2D eigenvalue weighted by Crippen LogP contribution is 2.32. The predicted octanol–water partition coefficient (Wildman–Crippen LogP) is 4.77. The van der Waals surface area contributed by atoms with Crippen LogP contribution in [0.4, 0.5) is 5.13 Å². The number of rotatable bonds is 5. The molecule has 5 nitrogen and oxygen atoms in total. The summed E-state index contributed by atoms with van der Waals surface area (Å²) in [4.78, 5) is 23.1. The number of nitrogens with zero attached hydrogens (tertiary/aromatic N) is 3. The van der Waals surface area contributed by atoms with E-state index in [0.717, 1.165) is 44.6 Å². The summed E-state index contributed by atoms with van der Waals surface area (Å²) < 4.78 is 6.43. The van der Waals surface area contributed by atoms with Crippen LogP contribution in [0, 0.1) is 0 Å². The van der Waals surface area contributed by atoms with E-state index in [0.29, 0.717) is 18.3 Å². The van der Waals surface area contributed by atoms with Crippen molar-refractivity contribution in [2.45, 2.75) is 24.0 Å². The van der Waals surface area contributed by atoms with Crippen molar-refractivity contribution in [2.24, 2.45) is 0 Å². The molecule has 0 bridgehead atoms. The van der Waals surface area contributed by atoms with Crippen molar-refractivity contribution >= 4 is 44.4 Å². The van der Waals surface area contributed by atoms with Crippen LogP contribution in [0.5, 0.6) is 5.75 Å². The number of anilines is 1. The molecule has 1 saturated heterocycles. The Balaban J connectivity index is 1.42. The number of methoxy groups -OCH3 is 1. The topological polar surface area (TPSA) is 45.7 Å². The quantitative estimate of drug-likeness (QED) is 0.549. The smallest absolute Gasteiger partial charge is 0.254 e. The van der Waals surface area contributed by atoms with Crippen LogP contribution in [0.15, 0.2) is 47.4 Å². The zero-order valence-electron chi connectivity index (χ0n) is 16.9. The summed E-state index contributed by atoms with van der Waals surface area (Å²) in [5, 5.41) is 1.51. The zero-order chi connectivity index (χ0) is 20.4. The largest absolute Gasteiger partial charge is 0.497 e. The number of piperazine rings is 1. The Morgan fingerprint density at radius 3 is 2.66 bits per heavy atom. The van der Waals surface area contributed by atoms with Crippen LogP contribution >= 0.6 is 23.1 Å². The van der Waals surface area contributed by atoms with E-state index in [2.05, 4.69) is 24.8 Å². The fourth-order valence-corrected chi connectivity index (χ4v) is 5.36. The molecule has 0 unspecified atom stereocenters. The second-order valence-corrected chi connectivity index (χ2v) is 9.96. The van der Waals surface area contributed by atoms with Crippen LogP contribution in [0.2, 0.25) is 0 Å². The van der Waals surface area contributed by atoms with Crippen molar-refractivity contribution in [3.05, 3.63) is 48.0 Å². The Labute approximate surface area is 179 Å². The van der Waals surface area contributed by atoms with Crippen molar-refractivity contribution in [3.8, 4) is 5.75 Å². The van der Waals surface area contributed by atoms with Crippen LogP contribution < -0.4 is 9.64 Å². The number of hydrogen-bond donors (Lipinski definition) is 0. The molecule has 0 atom stereocenters. The highest BCUT2D eigenvalue weighted by atomic mass is 32.2. The lowest BCUT2D eigenvalue weighted by atomic mass is 10.2. The first-order chi connectivity index (χ1) is 14.0. The van der Waals surface area contributed by atoms with Gasteiger partial charge in [0.05, 0.1) is 17.3 Å². The monoisotopic (exact) mass is 427 g/mol. The van der Waals surface area contributed by atoms with Gasteiger partial charge in [0.15, 0.2) is 5.13 Å². The number of ether oxygens (including phenoxy) is 1. The van der Waals surface area contributed by atoms with Gasteiger partial charge >= 0.3 is 0 Å². The molecule has 1 aromatic heterocycles. The maximum atomic E-state index is 13.0. The third-order valence-corrected chi connectivity index (χ3v) is 6.95. The number of carbonyl (C=O) groups excluding carboxylic acids is 1. The normalized spacial score (nSPS) is 14.6. The molecule has 29 heavy (non-hydrogen) atoms. The fourth-order valence-electron chi connectivity index (χ4n) is 3.41. The standard InChI is InChI=1S/C22H25N3O2S2/c1-15(2)28-18-6-4-5-16(13-18)21(26)24-9-11-25(12-10-24)22-23-19-8-7-17(27-3)14-20(19)29-22/h4-8,13-15H,9-12H2,1-3H3. The van der Waals surface area contributed by atoms with E-state index in [1.165, 1.54) is 0 Å². The molecule has 0 saturated carbocycles. The van der Waals surface area contributed by atoms with E-state index in [1.54, 1.807) is 30.2 Å². The van der Waals surface area contributed by atoms with Gasteiger partial charge in [-0.1, -0.05) is 31.3 Å². The van der Waals surface area contributed by atoms with Gasteiger partial charge in [-0.3, -0.25) is 4.79 Å². The molecule has 3 aromatic rings. The van der Waals surface area contributed by atoms with Gasteiger partial charge in [-0.2, -0.15) is 0 Å². The second-order valence-electron chi connectivity index (χ2n) is 7.30. The number of thioether (sulfide) groups is 1. The van der Waals surface area contributed by atoms with Crippen LogP contribution in [-0.4, -0.2) is 54.3 Å². The van der Waals surface area contributed by atoms with Gasteiger partial charge in [-0.15, -0.1) is 11.8 Å². The average molecular weight is 428 g/mol. The Morgan fingerprint density at radius 1 is 1.14 bits per heavy atom. The molecule has 0 radical (unpaired) electrons. The van der Waals surface area contributed by atoms with Crippen molar-refractivity contribution in [2.75, 3.05) is 38.2 Å². The molecule has 2 aromatic carbocycles. The minimum absolute atomic E-state index is 0.116.